The minimum Gasteiger partial charge on any atom is -0.472 e. The highest BCUT2D eigenvalue weighted by Crippen LogP contribution is 2.12. The molecule has 102 valence electrons. The van der Waals surface area contributed by atoms with Gasteiger partial charge in [-0.2, -0.15) is 5.10 Å². The Labute approximate surface area is 113 Å². The number of hydrogen-bond acceptors (Lipinski definition) is 5. The second kappa shape index (κ2) is 6.33. The lowest BCUT2D eigenvalue weighted by Crippen LogP contribution is -2.23. The molecule has 19 heavy (non-hydrogen) atoms. The predicted octanol–water partition coefficient (Wildman–Crippen LogP) is 2.20. The van der Waals surface area contributed by atoms with Crippen LogP contribution in [0.4, 0.5) is 5.82 Å². The third-order valence-corrected chi connectivity index (χ3v) is 2.79. The summed E-state index contributed by atoms with van der Waals surface area (Å²) in [7, 11) is 1.99. The van der Waals surface area contributed by atoms with Gasteiger partial charge in [0.15, 0.2) is 5.82 Å². The summed E-state index contributed by atoms with van der Waals surface area (Å²) in [5.41, 5.74) is 2.07. The molecule has 0 spiro atoms. The van der Waals surface area contributed by atoms with Gasteiger partial charge >= 0.3 is 0 Å². The molecular weight excluding hydrogens is 240 g/mol. The lowest BCUT2D eigenvalue weighted by Gasteiger charge is -2.16. The normalized spacial score (nSPS) is 10.9. The zero-order valence-electron chi connectivity index (χ0n) is 11.6. The lowest BCUT2D eigenvalue weighted by molar-refractivity contribution is 0.563. The number of aromatic nitrogens is 2. The zero-order chi connectivity index (χ0) is 13.7. The summed E-state index contributed by atoms with van der Waals surface area (Å²) in [5.74, 6) is 0.856. The molecule has 0 saturated carbocycles. The van der Waals surface area contributed by atoms with Crippen LogP contribution in [0.25, 0.3) is 0 Å². The molecule has 0 saturated heterocycles. The monoisotopic (exact) mass is 260 g/mol. The number of hydrogen-bond donors (Lipinski definition) is 1. The van der Waals surface area contributed by atoms with Gasteiger partial charge in [-0.05, 0) is 18.2 Å². The van der Waals surface area contributed by atoms with Crippen LogP contribution < -0.4 is 10.2 Å². The molecular formula is C14H20N4O. The highest BCUT2D eigenvalue weighted by atomic mass is 16.3. The quantitative estimate of drug-likeness (QED) is 0.863. The molecule has 2 aromatic heterocycles. The van der Waals surface area contributed by atoms with Crippen LogP contribution in [0, 0.1) is 0 Å². The van der Waals surface area contributed by atoms with E-state index in [1.165, 1.54) is 0 Å². The zero-order valence-corrected chi connectivity index (χ0v) is 11.6. The van der Waals surface area contributed by atoms with E-state index in [0.29, 0.717) is 6.04 Å². The Morgan fingerprint density at radius 2 is 2.11 bits per heavy atom. The van der Waals surface area contributed by atoms with Crippen LogP contribution in [0.1, 0.15) is 25.1 Å². The van der Waals surface area contributed by atoms with E-state index < -0.39 is 0 Å². The molecule has 0 bridgehead atoms. The fraction of sp³-hybridized carbons (Fsp3) is 0.429. The van der Waals surface area contributed by atoms with Crippen LogP contribution >= 0.6 is 0 Å². The topological polar surface area (TPSA) is 54.2 Å². The van der Waals surface area contributed by atoms with Crippen molar-refractivity contribution < 1.29 is 4.42 Å². The first-order valence-electron chi connectivity index (χ1n) is 6.43. The Morgan fingerprint density at radius 3 is 2.68 bits per heavy atom. The van der Waals surface area contributed by atoms with Gasteiger partial charge in [0.05, 0.1) is 18.2 Å². The molecule has 5 heteroatoms. The molecule has 0 atom stereocenters. The van der Waals surface area contributed by atoms with Crippen LogP contribution in [0.15, 0.2) is 35.1 Å². The second-order valence-electron chi connectivity index (χ2n) is 4.91. The van der Waals surface area contributed by atoms with Crippen molar-refractivity contribution >= 4 is 5.82 Å². The van der Waals surface area contributed by atoms with Crippen LogP contribution in [0.5, 0.6) is 0 Å². The van der Waals surface area contributed by atoms with Crippen LogP contribution in [-0.4, -0.2) is 23.3 Å². The maximum absolute atomic E-state index is 5.05. The molecule has 0 aliphatic carbocycles. The molecule has 0 radical (unpaired) electrons. The van der Waals surface area contributed by atoms with Crippen molar-refractivity contribution in [3.05, 3.63) is 42.0 Å². The molecule has 0 amide bonds. The molecule has 2 heterocycles. The molecule has 0 aromatic carbocycles. The molecule has 2 aromatic rings. The van der Waals surface area contributed by atoms with E-state index >= 15 is 0 Å². The summed E-state index contributed by atoms with van der Waals surface area (Å²) >= 11 is 0. The SMILES string of the molecule is CC(C)NCc1ccc(N(C)Cc2ccoc2)nn1. The summed E-state index contributed by atoms with van der Waals surface area (Å²) in [6.45, 7) is 5.73. The maximum atomic E-state index is 5.05. The third-order valence-electron chi connectivity index (χ3n) is 2.79. The molecule has 0 aliphatic rings. The van der Waals surface area contributed by atoms with Crippen molar-refractivity contribution in [3.8, 4) is 0 Å². The summed E-state index contributed by atoms with van der Waals surface area (Å²) in [4.78, 5) is 2.04. The van der Waals surface area contributed by atoms with Gasteiger partial charge in [0.25, 0.3) is 0 Å². The van der Waals surface area contributed by atoms with Crippen molar-refractivity contribution in [2.24, 2.45) is 0 Å². The Bertz CT molecular complexity index is 479. The average molecular weight is 260 g/mol. The van der Waals surface area contributed by atoms with Crippen molar-refractivity contribution in [2.75, 3.05) is 11.9 Å². The van der Waals surface area contributed by atoms with E-state index in [1.54, 1.807) is 12.5 Å². The fourth-order valence-electron chi connectivity index (χ4n) is 1.70. The van der Waals surface area contributed by atoms with Gasteiger partial charge in [-0.1, -0.05) is 13.8 Å². The maximum Gasteiger partial charge on any atom is 0.151 e. The van der Waals surface area contributed by atoms with E-state index in [1.807, 2.05) is 30.1 Å². The van der Waals surface area contributed by atoms with Gasteiger partial charge in [0.2, 0.25) is 0 Å². The van der Waals surface area contributed by atoms with Gasteiger partial charge in [0.1, 0.15) is 0 Å². The minimum atomic E-state index is 0.449. The number of rotatable bonds is 6. The van der Waals surface area contributed by atoms with E-state index in [9.17, 15) is 0 Å². The highest BCUT2D eigenvalue weighted by molar-refractivity contribution is 5.37. The van der Waals surface area contributed by atoms with E-state index in [4.69, 9.17) is 4.42 Å². The summed E-state index contributed by atoms with van der Waals surface area (Å²) in [5, 5.41) is 11.8. The smallest absolute Gasteiger partial charge is 0.151 e. The van der Waals surface area contributed by atoms with Crippen molar-refractivity contribution in [2.45, 2.75) is 33.0 Å². The van der Waals surface area contributed by atoms with Crippen LogP contribution in [0.2, 0.25) is 0 Å². The molecule has 0 unspecified atom stereocenters. The number of nitrogens with zero attached hydrogens (tertiary/aromatic N) is 3. The highest BCUT2D eigenvalue weighted by Gasteiger charge is 2.05. The molecule has 0 fully saturated rings. The number of nitrogens with one attached hydrogen (secondary N) is 1. The molecule has 0 aliphatic heterocycles. The van der Waals surface area contributed by atoms with Crippen LogP contribution in [-0.2, 0) is 13.1 Å². The van der Waals surface area contributed by atoms with Gasteiger partial charge in [-0.15, -0.1) is 5.10 Å². The predicted molar refractivity (Wildman–Crippen MR) is 74.8 cm³/mol. The summed E-state index contributed by atoms with van der Waals surface area (Å²) in [6.07, 6.45) is 3.42. The van der Waals surface area contributed by atoms with Gasteiger partial charge < -0.3 is 14.6 Å². The van der Waals surface area contributed by atoms with Crippen molar-refractivity contribution in [1.82, 2.24) is 15.5 Å². The van der Waals surface area contributed by atoms with Crippen LogP contribution in [0.3, 0.4) is 0 Å². The minimum absolute atomic E-state index is 0.449. The molecule has 1 N–H and O–H groups in total. The standard InChI is InChI=1S/C14H20N4O/c1-11(2)15-8-13-4-5-14(17-16-13)18(3)9-12-6-7-19-10-12/h4-7,10-11,15H,8-9H2,1-3H3. The molecule has 5 nitrogen and oxygen atoms in total. The first-order valence-corrected chi connectivity index (χ1v) is 6.43. The second-order valence-corrected chi connectivity index (χ2v) is 4.91. The van der Waals surface area contributed by atoms with Crippen molar-refractivity contribution in [1.29, 1.82) is 0 Å². The number of anilines is 1. The lowest BCUT2D eigenvalue weighted by atomic mass is 10.3. The Balaban J connectivity index is 1.93. The van der Waals surface area contributed by atoms with E-state index in [-0.39, 0.29) is 0 Å². The fourth-order valence-corrected chi connectivity index (χ4v) is 1.70. The largest absolute Gasteiger partial charge is 0.472 e. The first kappa shape index (κ1) is 13.5. The molecule has 2 rings (SSSR count). The average Bonchev–Trinajstić information content (AvgIpc) is 2.89. The van der Waals surface area contributed by atoms with Gasteiger partial charge in [-0.25, -0.2) is 0 Å². The Kier molecular flexibility index (Phi) is 4.52. The Morgan fingerprint density at radius 1 is 1.26 bits per heavy atom. The van der Waals surface area contributed by atoms with Crippen molar-refractivity contribution in [3.63, 3.8) is 0 Å². The third kappa shape index (κ3) is 4.06. The summed E-state index contributed by atoms with van der Waals surface area (Å²) < 4.78 is 5.05. The summed E-state index contributed by atoms with van der Waals surface area (Å²) in [6, 6.07) is 6.39. The number of furan rings is 1. The Hall–Kier alpha value is -1.88. The van der Waals surface area contributed by atoms with Gasteiger partial charge in [-0.3, -0.25) is 0 Å². The van der Waals surface area contributed by atoms with Gasteiger partial charge in [0, 0.05) is 31.7 Å². The first-order chi connectivity index (χ1) is 9.15. The van der Waals surface area contributed by atoms with E-state index in [0.717, 1.165) is 30.2 Å². The van der Waals surface area contributed by atoms with E-state index in [2.05, 4.69) is 29.4 Å².